The SMILES string of the molecule is COc1cccc([C@@]2(C)NC(=O)N(/N=C/c3cc(O)c(O)c(Cl)c3)C2=O)c1. The zero-order valence-electron chi connectivity index (χ0n) is 14.4. The second-order valence-corrected chi connectivity index (χ2v) is 6.43. The van der Waals surface area contributed by atoms with Gasteiger partial charge in [0.1, 0.15) is 11.3 Å². The zero-order valence-corrected chi connectivity index (χ0v) is 15.2. The van der Waals surface area contributed by atoms with Gasteiger partial charge in [0.2, 0.25) is 0 Å². The predicted octanol–water partition coefficient (Wildman–Crippen LogP) is 2.56. The second kappa shape index (κ2) is 6.81. The lowest BCUT2D eigenvalue weighted by Crippen LogP contribution is -2.40. The van der Waals surface area contributed by atoms with Crippen LogP contribution in [0.3, 0.4) is 0 Å². The standard InChI is InChI=1S/C18H16ClN3O5/c1-18(11-4-3-5-12(8-11)27-2)16(25)22(17(26)21-18)20-9-10-6-13(19)15(24)14(23)7-10/h3-9,23-24H,1-2H3,(H,21,26)/b20-9+/t18-/m1/s1. The van der Waals surface area contributed by atoms with Gasteiger partial charge >= 0.3 is 6.03 Å². The van der Waals surface area contributed by atoms with Crippen molar-refractivity contribution in [1.29, 1.82) is 0 Å². The summed E-state index contributed by atoms with van der Waals surface area (Å²) in [7, 11) is 1.51. The summed E-state index contributed by atoms with van der Waals surface area (Å²) in [6.45, 7) is 1.57. The molecule has 3 N–H and O–H groups in total. The normalized spacial score (nSPS) is 19.6. The number of amides is 3. The number of nitrogens with one attached hydrogen (secondary N) is 1. The van der Waals surface area contributed by atoms with Crippen molar-refractivity contribution in [1.82, 2.24) is 10.3 Å². The van der Waals surface area contributed by atoms with Crippen LogP contribution >= 0.6 is 11.6 Å². The minimum atomic E-state index is -1.31. The topological polar surface area (TPSA) is 111 Å². The van der Waals surface area contributed by atoms with Crippen molar-refractivity contribution < 1.29 is 24.5 Å². The molecular formula is C18H16ClN3O5. The van der Waals surface area contributed by atoms with E-state index >= 15 is 0 Å². The summed E-state index contributed by atoms with van der Waals surface area (Å²) in [6.07, 6.45) is 1.18. The molecule has 0 bridgehead atoms. The van der Waals surface area contributed by atoms with Gasteiger partial charge in [-0.3, -0.25) is 4.79 Å². The van der Waals surface area contributed by atoms with Crippen LogP contribution in [0.15, 0.2) is 41.5 Å². The third-order valence-corrected chi connectivity index (χ3v) is 4.49. The first-order valence-corrected chi connectivity index (χ1v) is 8.20. The molecule has 1 heterocycles. The Morgan fingerprint density at radius 3 is 2.67 bits per heavy atom. The number of imide groups is 1. The molecule has 3 rings (SSSR count). The molecule has 1 atom stereocenters. The van der Waals surface area contributed by atoms with Gasteiger partial charge in [-0.05, 0) is 42.3 Å². The molecule has 0 aromatic heterocycles. The summed E-state index contributed by atoms with van der Waals surface area (Å²) in [5, 5.41) is 26.2. The summed E-state index contributed by atoms with van der Waals surface area (Å²) in [4.78, 5) is 25.1. The highest BCUT2D eigenvalue weighted by atomic mass is 35.5. The summed E-state index contributed by atoms with van der Waals surface area (Å²) < 4.78 is 5.16. The van der Waals surface area contributed by atoms with E-state index in [0.717, 1.165) is 0 Å². The van der Waals surface area contributed by atoms with Gasteiger partial charge in [0, 0.05) is 0 Å². The number of nitrogens with zero attached hydrogens (tertiary/aromatic N) is 2. The van der Waals surface area contributed by atoms with Crippen LogP contribution in [0.4, 0.5) is 4.79 Å². The van der Waals surface area contributed by atoms with Crippen LogP contribution in [0.25, 0.3) is 0 Å². The maximum absolute atomic E-state index is 12.8. The number of methoxy groups -OCH3 is 1. The number of urea groups is 1. The van der Waals surface area contributed by atoms with E-state index in [2.05, 4.69) is 10.4 Å². The van der Waals surface area contributed by atoms with Gasteiger partial charge in [0.15, 0.2) is 11.5 Å². The Kier molecular flexibility index (Phi) is 4.67. The number of halogens is 1. The van der Waals surface area contributed by atoms with Crippen molar-refractivity contribution in [3.8, 4) is 17.2 Å². The average Bonchev–Trinajstić information content (AvgIpc) is 2.87. The third-order valence-electron chi connectivity index (χ3n) is 4.20. The Labute approximate surface area is 159 Å². The largest absolute Gasteiger partial charge is 0.504 e. The molecule has 1 aliphatic rings. The maximum atomic E-state index is 12.8. The van der Waals surface area contributed by atoms with Crippen LogP contribution in [0.5, 0.6) is 17.2 Å². The van der Waals surface area contributed by atoms with E-state index in [1.165, 1.54) is 25.5 Å². The van der Waals surface area contributed by atoms with Crippen molar-refractivity contribution in [3.05, 3.63) is 52.5 Å². The average molecular weight is 390 g/mol. The first-order chi connectivity index (χ1) is 12.8. The number of hydrazone groups is 1. The van der Waals surface area contributed by atoms with E-state index in [1.54, 1.807) is 31.2 Å². The predicted molar refractivity (Wildman–Crippen MR) is 98.1 cm³/mol. The number of hydrogen-bond acceptors (Lipinski definition) is 6. The molecule has 0 radical (unpaired) electrons. The molecule has 2 aromatic carbocycles. The van der Waals surface area contributed by atoms with Crippen molar-refractivity contribution >= 4 is 29.8 Å². The molecule has 1 fully saturated rings. The smallest absolute Gasteiger partial charge is 0.346 e. The van der Waals surface area contributed by atoms with E-state index in [0.29, 0.717) is 21.9 Å². The summed E-state index contributed by atoms with van der Waals surface area (Å²) in [5.74, 6) is -0.935. The number of ether oxygens (including phenoxy) is 1. The van der Waals surface area contributed by atoms with E-state index in [1.807, 2.05) is 0 Å². The molecule has 1 saturated heterocycles. The molecule has 0 aliphatic carbocycles. The fourth-order valence-electron chi connectivity index (χ4n) is 2.66. The van der Waals surface area contributed by atoms with Crippen molar-refractivity contribution in [2.75, 3.05) is 7.11 Å². The molecule has 0 spiro atoms. The van der Waals surface area contributed by atoms with E-state index in [4.69, 9.17) is 16.3 Å². The van der Waals surface area contributed by atoms with Crippen LogP contribution < -0.4 is 10.1 Å². The molecule has 3 amide bonds. The van der Waals surface area contributed by atoms with Crippen LogP contribution in [-0.4, -0.2) is 40.5 Å². The van der Waals surface area contributed by atoms with Crippen LogP contribution in [-0.2, 0) is 10.3 Å². The fourth-order valence-corrected chi connectivity index (χ4v) is 2.89. The summed E-state index contributed by atoms with van der Waals surface area (Å²) >= 11 is 5.78. The first-order valence-electron chi connectivity index (χ1n) is 7.83. The summed E-state index contributed by atoms with van der Waals surface area (Å²) in [5.41, 5.74) is -0.466. The van der Waals surface area contributed by atoms with Gasteiger partial charge in [-0.1, -0.05) is 23.7 Å². The first kappa shape index (κ1) is 18.5. The minimum Gasteiger partial charge on any atom is -0.504 e. The van der Waals surface area contributed by atoms with E-state index < -0.39 is 29.0 Å². The number of benzene rings is 2. The minimum absolute atomic E-state index is 0.0881. The molecule has 140 valence electrons. The Balaban J connectivity index is 1.90. The molecule has 1 aliphatic heterocycles. The van der Waals surface area contributed by atoms with E-state index in [9.17, 15) is 19.8 Å². The van der Waals surface area contributed by atoms with E-state index in [-0.39, 0.29) is 5.02 Å². The number of phenolic OH excluding ortho intramolecular Hbond substituents is 2. The van der Waals surface area contributed by atoms with Gasteiger partial charge in [-0.25, -0.2) is 4.79 Å². The van der Waals surface area contributed by atoms with Gasteiger partial charge in [0.05, 0.1) is 18.3 Å². The Morgan fingerprint density at radius 2 is 2.00 bits per heavy atom. The van der Waals surface area contributed by atoms with Crippen LogP contribution in [0.1, 0.15) is 18.1 Å². The van der Waals surface area contributed by atoms with Gasteiger partial charge in [-0.15, -0.1) is 5.01 Å². The van der Waals surface area contributed by atoms with Crippen molar-refractivity contribution in [3.63, 3.8) is 0 Å². The Morgan fingerprint density at radius 1 is 1.26 bits per heavy atom. The van der Waals surface area contributed by atoms with Gasteiger partial charge in [-0.2, -0.15) is 5.10 Å². The second-order valence-electron chi connectivity index (χ2n) is 6.02. The van der Waals surface area contributed by atoms with Gasteiger partial charge in [0.25, 0.3) is 5.91 Å². The lowest BCUT2D eigenvalue weighted by Gasteiger charge is -2.21. The Hall–Kier alpha value is -3.26. The fraction of sp³-hybridized carbons (Fsp3) is 0.167. The molecule has 9 heteroatoms. The summed E-state index contributed by atoms with van der Waals surface area (Å²) in [6, 6.07) is 8.63. The van der Waals surface area contributed by atoms with Crippen molar-refractivity contribution in [2.45, 2.75) is 12.5 Å². The van der Waals surface area contributed by atoms with Crippen molar-refractivity contribution in [2.24, 2.45) is 5.10 Å². The molecule has 0 unspecified atom stereocenters. The molecule has 8 nitrogen and oxygen atoms in total. The molecule has 0 saturated carbocycles. The highest BCUT2D eigenvalue weighted by Gasteiger charge is 2.49. The number of hydrogen-bond donors (Lipinski definition) is 3. The van der Waals surface area contributed by atoms with Crippen LogP contribution in [0.2, 0.25) is 5.02 Å². The number of carbonyl (C=O) groups is 2. The zero-order chi connectivity index (χ0) is 19.8. The molecular weight excluding hydrogens is 374 g/mol. The Bertz CT molecular complexity index is 939. The number of aromatic hydroxyl groups is 2. The van der Waals surface area contributed by atoms with Gasteiger partial charge < -0.3 is 20.3 Å². The quantitative estimate of drug-likeness (QED) is 0.422. The highest BCUT2D eigenvalue weighted by Crippen LogP contribution is 2.34. The van der Waals surface area contributed by atoms with Crippen LogP contribution in [0, 0.1) is 0 Å². The highest BCUT2D eigenvalue weighted by molar-refractivity contribution is 6.32. The number of phenols is 2. The molecule has 27 heavy (non-hydrogen) atoms. The monoisotopic (exact) mass is 389 g/mol. The maximum Gasteiger partial charge on any atom is 0.346 e. The number of rotatable bonds is 4. The number of carbonyl (C=O) groups excluding carboxylic acids is 2. The molecule has 2 aromatic rings. The lowest BCUT2D eigenvalue weighted by atomic mass is 9.92. The third kappa shape index (κ3) is 3.26. The lowest BCUT2D eigenvalue weighted by molar-refractivity contribution is -0.131.